The molecule has 2 heterocycles. The normalized spacial score (nSPS) is 18.7. The largest absolute Gasteiger partial charge is 0.464 e. The Hall–Kier alpha value is -1.37. The van der Waals surface area contributed by atoms with Crippen molar-refractivity contribution in [2.45, 2.75) is 39.8 Å². The van der Waals surface area contributed by atoms with Crippen LogP contribution < -0.4 is 11.3 Å². The molecule has 118 valence electrons. The molecule has 1 saturated heterocycles. The number of piperazine rings is 1. The third-order valence-electron chi connectivity index (χ3n) is 4.35. The lowest BCUT2D eigenvalue weighted by atomic mass is 10.2. The molecule has 21 heavy (non-hydrogen) atoms. The van der Waals surface area contributed by atoms with Crippen LogP contribution in [0.2, 0.25) is 0 Å². The summed E-state index contributed by atoms with van der Waals surface area (Å²) in [5.74, 6) is 6.30. The number of nitrogens with one attached hydrogen (secondary N) is 1. The maximum Gasteiger partial charge on any atom is 0.268 e. The molecule has 1 aliphatic heterocycles. The average molecular weight is 294 g/mol. The number of hydrogen-bond donors (Lipinski definition) is 2. The molecule has 6 nitrogen and oxygen atoms in total. The minimum Gasteiger partial charge on any atom is -0.464 e. The van der Waals surface area contributed by atoms with Gasteiger partial charge in [0, 0.05) is 32.2 Å². The second-order valence-electron chi connectivity index (χ2n) is 5.73. The Morgan fingerprint density at radius 3 is 2.67 bits per heavy atom. The van der Waals surface area contributed by atoms with E-state index in [1.54, 1.807) is 13.0 Å². The van der Waals surface area contributed by atoms with Crippen molar-refractivity contribution in [1.29, 1.82) is 0 Å². The van der Waals surface area contributed by atoms with Crippen molar-refractivity contribution >= 4 is 5.91 Å². The van der Waals surface area contributed by atoms with Crippen molar-refractivity contribution in [3.05, 3.63) is 23.2 Å². The topological polar surface area (TPSA) is 74.7 Å². The minimum atomic E-state index is -0.302. The number of nitrogen functional groups attached to an aromatic ring is 1. The maximum atomic E-state index is 11.6. The van der Waals surface area contributed by atoms with Crippen molar-refractivity contribution in [3.63, 3.8) is 0 Å². The lowest BCUT2D eigenvalue weighted by molar-refractivity contribution is 0.0918. The van der Waals surface area contributed by atoms with E-state index in [4.69, 9.17) is 10.3 Å². The number of carbonyl (C=O) groups is 1. The average Bonchev–Trinajstić information content (AvgIpc) is 2.87. The molecule has 1 amide bonds. The van der Waals surface area contributed by atoms with Crippen LogP contribution in [0.3, 0.4) is 0 Å². The number of nitrogens with two attached hydrogens (primary N) is 1. The molecule has 3 N–H and O–H groups in total. The Balaban J connectivity index is 1.90. The molecular formula is C15H26N4O2. The van der Waals surface area contributed by atoms with Crippen LogP contribution in [-0.4, -0.2) is 47.9 Å². The van der Waals surface area contributed by atoms with E-state index in [1.165, 1.54) is 6.42 Å². The summed E-state index contributed by atoms with van der Waals surface area (Å²) in [6.45, 7) is 11.3. The Bertz CT molecular complexity index is 478. The first-order chi connectivity index (χ1) is 10.0. The van der Waals surface area contributed by atoms with E-state index in [1.807, 2.05) is 0 Å². The second-order valence-corrected chi connectivity index (χ2v) is 5.73. The molecule has 1 atom stereocenters. The van der Waals surface area contributed by atoms with E-state index in [0.29, 0.717) is 17.4 Å². The Morgan fingerprint density at radius 1 is 1.43 bits per heavy atom. The summed E-state index contributed by atoms with van der Waals surface area (Å²) in [5, 5.41) is 0. The zero-order valence-corrected chi connectivity index (χ0v) is 13.2. The van der Waals surface area contributed by atoms with Gasteiger partial charge in [0.05, 0.1) is 12.1 Å². The highest BCUT2D eigenvalue weighted by Gasteiger charge is 2.22. The zero-order valence-electron chi connectivity index (χ0n) is 13.2. The fraction of sp³-hybridized carbons (Fsp3) is 0.667. The number of rotatable bonds is 5. The van der Waals surface area contributed by atoms with Crippen LogP contribution in [0.5, 0.6) is 0 Å². The first-order valence-corrected chi connectivity index (χ1v) is 7.61. The summed E-state index contributed by atoms with van der Waals surface area (Å²) >= 11 is 0. The number of hydrazine groups is 1. The second kappa shape index (κ2) is 7.06. The highest BCUT2D eigenvalue weighted by molar-refractivity contribution is 5.94. The van der Waals surface area contributed by atoms with E-state index in [-0.39, 0.29) is 5.91 Å². The van der Waals surface area contributed by atoms with Crippen LogP contribution in [0.25, 0.3) is 0 Å². The lowest BCUT2D eigenvalue weighted by Crippen LogP contribution is -2.48. The van der Waals surface area contributed by atoms with E-state index in [9.17, 15) is 4.79 Å². The molecule has 0 saturated carbocycles. The summed E-state index contributed by atoms with van der Waals surface area (Å²) in [6, 6.07) is 2.44. The fourth-order valence-electron chi connectivity index (χ4n) is 2.77. The van der Waals surface area contributed by atoms with E-state index in [0.717, 1.165) is 38.5 Å². The van der Waals surface area contributed by atoms with Crippen LogP contribution in [0.4, 0.5) is 0 Å². The van der Waals surface area contributed by atoms with Crippen LogP contribution in [0, 0.1) is 6.92 Å². The quantitative estimate of drug-likeness (QED) is 0.483. The predicted molar refractivity (Wildman–Crippen MR) is 81.7 cm³/mol. The summed E-state index contributed by atoms with van der Waals surface area (Å²) in [6.07, 6.45) is 1.19. The number of hydrogen-bond acceptors (Lipinski definition) is 5. The molecular weight excluding hydrogens is 268 g/mol. The van der Waals surface area contributed by atoms with E-state index in [2.05, 4.69) is 29.1 Å². The van der Waals surface area contributed by atoms with Gasteiger partial charge >= 0.3 is 0 Å². The van der Waals surface area contributed by atoms with Crippen LogP contribution in [-0.2, 0) is 6.54 Å². The summed E-state index contributed by atoms with van der Waals surface area (Å²) in [5.41, 5.74) is 2.66. The molecule has 1 aromatic rings. The molecule has 1 aliphatic rings. The molecule has 0 radical (unpaired) electrons. The standard InChI is InChI=1S/C15H26N4O2/c1-4-11(2)19-7-5-18(6-8-19)10-13-9-14(12(3)21-13)15(20)17-16/h9,11H,4-8,10,16H2,1-3H3,(H,17,20). The molecule has 1 aromatic heterocycles. The minimum absolute atomic E-state index is 0.302. The molecule has 2 rings (SSSR count). The first-order valence-electron chi connectivity index (χ1n) is 7.61. The SMILES string of the molecule is CCC(C)N1CCN(Cc2cc(C(=O)NN)c(C)o2)CC1. The van der Waals surface area contributed by atoms with E-state index < -0.39 is 0 Å². The number of nitrogens with zero attached hydrogens (tertiary/aromatic N) is 2. The summed E-state index contributed by atoms with van der Waals surface area (Å²) < 4.78 is 5.66. The molecule has 0 aromatic carbocycles. The highest BCUT2D eigenvalue weighted by Crippen LogP contribution is 2.17. The van der Waals surface area contributed by atoms with Gasteiger partial charge in [0.25, 0.3) is 5.91 Å². The molecule has 0 spiro atoms. The number of aryl methyl sites for hydroxylation is 1. The van der Waals surface area contributed by atoms with Crippen molar-refractivity contribution in [2.75, 3.05) is 26.2 Å². The van der Waals surface area contributed by atoms with Gasteiger partial charge in [0.1, 0.15) is 11.5 Å². The number of furan rings is 1. The zero-order chi connectivity index (χ0) is 15.4. The van der Waals surface area contributed by atoms with Gasteiger partial charge in [0.15, 0.2) is 0 Å². The molecule has 1 unspecified atom stereocenters. The fourth-order valence-corrected chi connectivity index (χ4v) is 2.77. The van der Waals surface area contributed by atoms with E-state index >= 15 is 0 Å². The van der Waals surface area contributed by atoms with Gasteiger partial charge in [-0.1, -0.05) is 6.92 Å². The Kier molecular flexibility index (Phi) is 5.39. The number of amides is 1. The maximum absolute atomic E-state index is 11.6. The highest BCUT2D eigenvalue weighted by atomic mass is 16.3. The van der Waals surface area contributed by atoms with Crippen LogP contribution >= 0.6 is 0 Å². The Morgan fingerprint density at radius 2 is 2.10 bits per heavy atom. The first kappa shape index (κ1) is 16.0. The van der Waals surface area contributed by atoms with Crippen LogP contribution in [0.1, 0.15) is 42.1 Å². The van der Waals surface area contributed by atoms with Gasteiger partial charge in [-0.15, -0.1) is 0 Å². The van der Waals surface area contributed by atoms with Gasteiger partial charge in [-0.3, -0.25) is 20.0 Å². The van der Waals surface area contributed by atoms with Crippen molar-refractivity contribution in [2.24, 2.45) is 5.84 Å². The van der Waals surface area contributed by atoms with Gasteiger partial charge in [-0.25, -0.2) is 5.84 Å². The van der Waals surface area contributed by atoms with Gasteiger partial charge < -0.3 is 4.42 Å². The molecule has 6 heteroatoms. The van der Waals surface area contributed by atoms with Crippen molar-refractivity contribution in [1.82, 2.24) is 15.2 Å². The lowest BCUT2D eigenvalue weighted by Gasteiger charge is -2.37. The van der Waals surface area contributed by atoms with Gasteiger partial charge in [-0.2, -0.15) is 0 Å². The predicted octanol–water partition coefficient (Wildman–Crippen LogP) is 1.11. The molecule has 0 aliphatic carbocycles. The van der Waals surface area contributed by atoms with Crippen LogP contribution in [0.15, 0.2) is 10.5 Å². The monoisotopic (exact) mass is 294 g/mol. The Labute approximate surface area is 126 Å². The van der Waals surface area contributed by atoms with Gasteiger partial charge in [-0.05, 0) is 26.3 Å². The molecule has 0 bridgehead atoms. The van der Waals surface area contributed by atoms with Crippen molar-refractivity contribution in [3.8, 4) is 0 Å². The summed E-state index contributed by atoms with van der Waals surface area (Å²) in [7, 11) is 0. The molecule has 1 fully saturated rings. The summed E-state index contributed by atoms with van der Waals surface area (Å²) in [4.78, 5) is 16.5. The third-order valence-corrected chi connectivity index (χ3v) is 4.35. The smallest absolute Gasteiger partial charge is 0.268 e. The third kappa shape index (κ3) is 3.84. The van der Waals surface area contributed by atoms with Gasteiger partial charge in [0.2, 0.25) is 0 Å². The van der Waals surface area contributed by atoms with Crippen molar-refractivity contribution < 1.29 is 9.21 Å². The number of carbonyl (C=O) groups excluding carboxylic acids is 1.